The highest BCUT2D eigenvalue weighted by atomic mass is 28.4. The molecule has 0 N–H and O–H groups in total. The molecule has 2 bridgehead atoms. The van der Waals surface area contributed by atoms with Crippen LogP contribution in [0.1, 0.15) is 93.4 Å². The van der Waals surface area contributed by atoms with Gasteiger partial charge in [0.05, 0.1) is 31.0 Å². The first-order chi connectivity index (χ1) is 23.7. The van der Waals surface area contributed by atoms with Crippen LogP contribution < -0.4 is 0 Å². The summed E-state index contributed by atoms with van der Waals surface area (Å²) in [6.45, 7) is 29.8. The second kappa shape index (κ2) is 18.9. The van der Waals surface area contributed by atoms with Gasteiger partial charge < -0.3 is 27.8 Å². The lowest BCUT2D eigenvalue weighted by atomic mass is 9.98. The molecule has 0 spiro atoms. The molecule has 7 atom stereocenters. The van der Waals surface area contributed by atoms with Crippen molar-refractivity contribution in [3.63, 3.8) is 0 Å². The van der Waals surface area contributed by atoms with Gasteiger partial charge >= 0.3 is 5.97 Å². The molecule has 0 aliphatic carbocycles. The summed E-state index contributed by atoms with van der Waals surface area (Å²) in [5.74, 6) is -0.395. The maximum Gasteiger partial charge on any atom is 0.330 e. The van der Waals surface area contributed by atoms with Crippen LogP contribution in [0.15, 0.2) is 72.4 Å². The Morgan fingerprint density at radius 1 is 0.961 bits per heavy atom. The Bertz CT molecular complexity index is 1300. The summed E-state index contributed by atoms with van der Waals surface area (Å²) in [4.78, 5) is 13.5. The van der Waals surface area contributed by atoms with Crippen molar-refractivity contribution < 1.29 is 32.6 Å². The average Bonchev–Trinajstić information content (AvgIpc) is 3.01. The lowest BCUT2D eigenvalue weighted by Crippen LogP contribution is -2.47. The Morgan fingerprint density at radius 2 is 1.67 bits per heavy atom. The molecular weight excluding hydrogens is 673 g/mol. The van der Waals surface area contributed by atoms with Gasteiger partial charge in [-0.3, -0.25) is 0 Å². The number of carbonyl (C=O) groups excluding carboxylic acids is 1. The van der Waals surface area contributed by atoms with Crippen LogP contribution in [0.3, 0.4) is 0 Å². The molecule has 7 nitrogen and oxygen atoms in total. The minimum atomic E-state index is -2.28. The predicted molar refractivity (Wildman–Crippen MR) is 215 cm³/mol. The van der Waals surface area contributed by atoms with Crippen LogP contribution in [0.4, 0.5) is 0 Å². The van der Waals surface area contributed by atoms with E-state index in [2.05, 4.69) is 118 Å². The lowest BCUT2D eigenvalue weighted by Gasteiger charge is -2.40. The molecule has 0 saturated carbocycles. The van der Waals surface area contributed by atoms with Gasteiger partial charge in [-0.05, 0) is 81.7 Å². The molecule has 3 rings (SSSR count). The zero-order valence-corrected chi connectivity index (χ0v) is 36.0. The van der Waals surface area contributed by atoms with Crippen molar-refractivity contribution in [2.45, 2.75) is 172 Å². The highest BCUT2D eigenvalue weighted by Gasteiger charge is 2.41. The van der Waals surface area contributed by atoms with E-state index in [1.165, 1.54) is 11.6 Å². The fraction of sp³-hybridized carbons (Fsp3) is 0.690. The SMILES string of the molecule is C=C1CCC[C@H]2O[C@@H](C=C[C@@H]2OC)CC=CC(=O)O[C@H]([C@H](C=C[C@@H]2CC(C)=CCO2)O[Si](C)(C)C(C)(C)C)CC=C[C@@H](O[Si](C)(C)C(C)(C)C)C1. The van der Waals surface area contributed by atoms with Gasteiger partial charge in [0.1, 0.15) is 18.3 Å². The van der Waals surface area contributed by atoms with Crippen molar-refractivity contribution >= 4 is 22.6 Å². The van der Waals surface area contributed by atoms with E-state index in [-0.39, 0.29) is 40.6 Å². The first-order valence-corrected chi connectivity index (χ1v) is 24.9. The number of methoxy groups -OCH3 is 1. The van der Waals surface area contributed by atoms with E-state index in [0.717, 1.165) is 37.7 Å². The van der Waals surface area contributed by atoms with Gasteiger partial charge in [-0.1, -0.05) is 108 Å². The third kappa shape index (κ3) is 13.8. The van der Waals surface area contributed by atoms with E-state index in [9.17, 15) is 4.79 Å². The molecule has 3 heterocycles. The lowest BCUT2D eigenvalue weighted by molar-refractivity contribution is -0.146. The first-order valence-electron chi connectivity index (χ1n) is 19.1. The number of carbonyl (C=O) groups is 1. The number of cyclic esters (lactones) is 1. The van der Waals surface area contributed by atoms with Crippen LogP contribution in [0.25, 0.3) is 0 Å². The summed E-state index contributed by atoms with van der Waals surface area (Å²) in [6.07, 6.45) is 21.9. The second-order valence-corrected chi connectivity index (χ2v) is 27.2. The standard InChI is InChI=1S/C42H70O7Si2/c1-31-17-14-20-37-36(44-9)25-23-33(46-37)18-16-22-40(43)47-38(21-15-19-35(30-31)48-50(10,11)41(3,4)5)39(49-51(12,13)42(6,7)8)26-24-34-29-32(2)27-28-45-34/h15-16,19,22-27,33-39H,1,14,17-18,20-21,28-30H2,2-13H3/t33-,34-,35-,36+,37-,38+,39+/m1/s1. The summed E-state index contributed by atoms with van der Waals surface area (Å²) in [7, 11) is -2.67. The summed E-state index contributed by atoms with van der Waals surface area (Å²) in [5, 5.41) is 0.0163. The molecule has 3 aliphatic heterocycles. The van der Waals surface area contributed by atoms with Crippen LogP contribution >= 0.6 is 0 Å². The van der Waals surface area contributed by atoms with Crippen LogP contribution in [0.5, 0.6) is 0 Å². The molecule has 0 radical (unpaired) electrons. The monoisotopic (exact) mass is 742 g/mol. The molecule has 0 saturated heterocycles. The van der Waals surface area contributed by atoms with Gasteiger partial charge in [-0.25, -0.2) is 4.79 Å². The number of ether oxygens (including phenoxy) is 4. The minimum absolute atomic E-state index is 0.0370. The van der Waals surface area contributed by atoms with Crippen molar-refractivity contribution in [2.24, 2.45) is 0 Å². The summed E-state index contributed by atoms with van der Waals surface area (Å²) in [5.41, 5.74) is 2.47. The Balaban J connectivity index is 2.02. The highest BCUT2D eigenvalue weighted by Crippen LogP contribution is 2.40. The molecule has 288 valence electrons. The number of esters is 1. The molecular formula is C42H70O7Si2. The summed E-state index contributed by atoms with van der Waals surface area (Å²) < 4.78 is 38.6. The predicted octanol–water partition coefficient (Wildman–Crippen LogP) is 10.3. The largest absolute Gasteiger partial charge is 0.456 e. The number of fused-ring (bicyclic) bond motifs is 2. The van der Waals surface area contributed by atoms with Gasteiger partial charge in [-0.2, -0.15) is 0 Å². The molecule has 51 heavy (non-hydrogen) atoms. The summed E-state index contributed by atoms with van der Waals surface area (Å²) >= 11 is 0. The van der Waals surface area contributed by atoms with Crippen LogP contribution in [-0.2, 0) is 32.6 Å². The van der Waals surface area contributed by atoms with Gasteiger partial charge in [0.15, 0.2) is 16.6 Å². The fourth-order valence-electron chi connectivity index (χ4n) is 5.93. The van der Waals surface area contributed by atoms with E-state index in [4.69, 9.17) is 27.8 Å². The number of hydrogen-bond acceptors (Lipinski definition) is 7. The van der Waals surface area contributed by atoms with Crippen molar-refractivity contribution in [3.8, 4) is 0 Å². The van der Waals surface area contributed by atoms with E-state index in [0.29, 0.717) is 19.4 Å². The topological polar surface area (TPSA) is 72.5 Å². The highest BCUT2D eigenvalue weighted by molar-refractivity contribution is 6.74. The van der Waals surface area contributed by atoms with Crippen LogP contribution in [0, 0.1) is 0 Å². The molecule has 0 aromatic rings. The van der Waals surface area contributed by atoms with E-state index >= 15 is 0 Å². The molecule has 0 unspecified atom stereocenters. The average molecular weight is 743 g/mol. The molecule has 0 amide bonds. The maximum absolute atomic E-state index is 13.5. The Labute approximate surface area is 312 Å². The molecule has 0 aromatic carbocycles. The van der Waals surface area contributed by atoms with Crippen molar-refractivity contribution in [1.82, 2.24) is 0 Å². The molecule has 0 fully saturated rings. The second-order valence-electron chi connectivity index (χ2n) is 17.7. The quantitative estimate of drug-likeness (QED) is 0.139. The van der Waals surface area contributed by atoms with Crippen molar-refractivity contribution in [1.29, 1.82) is 0 Å². The zero-order chi connectivity index (χ0) is 38.0. The van der Waals surface area contributed by atoms with E-state index in [1.54, 1.807) is 7.11 Å². The van der Waals surface area contributed by atoms with E-state index in [1.807, 2.05) is 12.2 Å². The molecule has 3 aliphatic rings. The molecule has 0 aromatic heterocycles. The van der Waals surface area contributed by atoms with Crippen molar-refractivity contribution in [3.05, 3.63) is 72.4 Å². The van der Waals surface area contributed by atoms with Crippen LogP contribution in [0.2, 0.25) is 36.3 Å². The third-order valence-corrected chi connectivity index (χ3v) is 20.2. The smallest absolute Gasteiger partial charge is 0.330 e. The van der Waals surface area contributed by atoms with Gasteiger partial charge in [-0.15, -0.1) is 0 Å². The van der Waals surface area contributed by atoms with Gasteiger partial charge in [0.2, 0.25) is 0 Å². The fourth-order valence-corrected chi connectivity index (χ4v) is 8.47. The minimum Gasteiger partial charge on any atom is -0.456 e. The maximum atomic E-state index is 13.5. The Morgan fingerprint density at radius 3 is 2.31 bits per heavy atom. The van der Waals surface area contributed by atoms with Crippen LogP contribution in [-0.4, -0.2) is 79.0 Å². The number of hydrogen-bond donors (Lipinski definition) is 0. The van der Waals surface area contributed by atoms with E-state index < -0.39 is 34.8 Å². The normalized spacial score (nSPS) is 29.0. The van der Waals surface area contributed by atoms with Crippen molar-refractivity contribution in [2.75, 3.05) is 13.7 Å². The van der Waals surface area contributed by atoms with Gasteiger partial charge in [0, 0.05) is 19.6 Å². The number of rotatable bonds is 8. The molecule has 9 heteroatoms. The van der Waals surface area contributed by atoms with Gasteiger partial charge in [0.25, 0.3) is 0 Å². The summed E-state index contributed by atoms with van der Waals surface area (Å²) in [6, 6.07) is 0. The zero-order valence-electron chi connectivity index (χ0n) is 34.0. The first kappa shape index (κ1) is 43.5. The Kier molecular flexibility index (Phi) is 16.2. The Hall–Kier alpha value is -1.86. The third-order valence-electron chi connectivity index (χ3n) is 11.3.